The number of carbonyl (C=O) groups excluding carboxylic acids is 1. The first-order valence-electron chi connectivity index (χ1n) is 6.51. The summed E-state index contributed by atoms with van der Waals surface area (Å²) in [6.45, 7) is 0.336. The van der Waals surface area contributed by atoms with Gasteiger partial charge in [-0.2, -0.15) is 0 Å². The van der Waals surface area contributed by atoms with E-state index in [2.05, 4.69) is 15.3 Å². The van der Waals surface area contributed by atoms with Gasteiger partial charge in [0.1, 0.15) is 11.5 Å². The number of aromatic nitrogens is 2. The number of furan rings is 1. The number of amides is 1. The average molecular weight is 279 g/mol. The lowest BCUT2D eigenvalue weighted by Gasteiger charge is -2.08. The van der Waals surface area contributed by atoms with Crippen molar-refractivity contribution in [2.75, 3.05) is 0 Å². The minimum absolute atomic E-state index is 0.208. The Morgan fingerprint density at radius 2 is 1.95 bits per heavy atom. The molecule has 0 fully saturated rings. The molecule has 1 N–H and O–H groups in total. The van der Waals surface area contributed by atoms with Crippen LogP contribution >= 0.6 is 0 Å². The summed E-state index contributed by atoms with van der Waals surface area (Å²) >= 11 is 0. The zero-order valence-corrected chi connectivity index (χ0v) is 11.2. The summed E-state index contributed by atoms with van der Waals surface area (Å²) in [5.41, 5.74) is 1.72. The van der Waals surface area contributed by atoms with Crippen molar-refractivity contribution in [3.05, 3.63) is 72.4 Å². The summed E-state index contributed by atoms with van der Waals surface area (Å²) in [6, 6.07) is 12.6. The lowest BCUT2D eigenvalue weighted by Crippen LogP contribution is -2.23. The third-order valence-electron chi connectivity index (χ3n) is 2.96. The molecule has 0 spiro atoms. The number of rotatable bonds is 4. The molecule has 3 rings (SSSR count). The second-order valence-corrected chi connectivity index (χ2v) is 4.38. The first-order valence-corrected chi connectivity index (χ1v) is 6.51. The van der Waals surface area contributed by atoms with Gasteiger partial charge in [0, 0.05) is 12.4 Å². The maximum absolute atomic E-state index is 12.3. The Kier molecular flexibility index (Phi) is 3.73. The van der Waals surface area contributed by atoms with Crippen LogP contribution in [0.1, 0.15) is 16.1 Å². The molecule has 0 saturated carbocycles. The average Bonchev–Trinajstić information content (AvgIpc) is 3.07. The summed E-state index contributed by atoms with van der Waals surface area (Å²) in [5.74, 6) is 0.492. The van der Waals surface area contributed by atoms with E-state index in [-0.39, 0.29) is 5.91 Å². The highest BCUT2D eigenvalue weighted by Gasteiger charge is 2.14. The van der Waals surface area contributed by atoms with Gasteiger partial charge >= 0.3 is 0 Å². The van der Waals surface area contributed by atoms with E-state index in [1.807, 2.05) is 24.3 Å². The monoisotopic (exact) mass is 279 g/mol. The Balaban J connectivity index is 1.83. The van der Waals surface area contributed by atoms with Gasteiger partial charge in [0.25, 0.3) is 5.91 Å². The third-order valence-corrected chi connectivity index (χ3v) is 2.96. The Hall–Kier alpha value is -2.95. The van der Waals surface area contributed by atoms with Crippen molar-refractivity contribution in [1.29, 1.82) is 0 Å². The Morgan fingerprint density at radius 1 is 1.05 bits per heavy atom. The molecule has 104 valence electrons. The fourth-order valence-electron chi connectivity index (χ4n) is 1.97. The van der Waals surface area contributed by atoms with E-state index in [0.29, 0.717) is 29.3 Å². The quantitative estimate of drug-likeness (QED) is 0.797. The van der Waals surface area contributed by atoms with Crippen LogP contribution in [0.5, 0.6) is 0 Å². The van der Waals surface area contributed by atoms with Crippen molar-refractivity contribution in [3.8, 4) is 11.4 Å². The van der Waals surface area contributed by atoms with Crippen molar-refractivity contribution in [2.24, 2.45) is 0 Å². The second-order valence-electron chi connectivity index (χ2n) is 4.38. The molecule has 3 heterocycles. The summed E-state index contributed by atoms with van der Waals surface area (Å²) in [7, 11) is 0. The minimum Gasteiger partial charge on any atom is -0.467 e. The fraction of sp³-hybridized carbons (Fsp3) is 0.0625. The van der Waals surface area contributed by atoms with Crippen LogP contribution in [0.4, 0.5) is 0 Å². The molecule has 21 heavy (non-hydrogen) atoms. The molecule has 3 aromatic heterocycles. The molecule has 0 saturated heterocycles. The molecule has 1 amide bonds. The first-order chi connectivity index (χ1) is 10.3. The van der Waals surface area contributed by atoms with E-state index in [1.54, 1.807) is 36.9 Å². The molecule has 0 atom stereocenters. The van der Waals surface area contributed by atoms with Gasteiger partial charge in [-0.15, -0.1) is 0 Å². The number of nitrogens with zero attached hydrogens (tertiary/aromatic N) is 2. The van der Waals surface area contributed by atoms with Crippen LogP contribution in [0, 0.1) is 0 Å². The molecule has 3 aromatic rings. The summed E-state index contributed by atoms with van der Waals surface area (Å²) in [6.07, 6.45) is 4.90. The fourth-order valence-corrected chi connectivity index (χ4v) is 1.97. The maximum atomic E-state index is 12.3. The van der Waals surface area contributed by atoms with Gasteiger partial charge in [-0.1, -0.05) is 6.07 Å². The molecule has 0 aliphatic heterocycles. The molecule has 0 bridgehead atoms. The zero-order valence-electron chi connectivity index (χ0n) is 11.2. The van der Waals surface area contributed by atoms with Gasteiger partial charge in [-0.25, -0.2) is 0 Å². The molecule has 5 heteroatoms. The van der Waals surface area contributed by atoms with E-state index in [4.69, 9.17) is 4.42 Å². The highest BCUT2D eigenvalue weighted by atomic mass is 16.3. The lowest BCUT2D eigenvalue weighted by atomic mass is 10.1. The first kappa shape index (κ1) is 13.1. The molecular weight excluding hydrogens is 266 g/mol. The van der Waals surface area contributed by atoms with Gasteiger partial charge in [0.15, 0.2) is 0 Å². The van der Waals surface area contributed by atoms with Crippen molar-refractivity contribution in [3.63, 3.8) is 0 Å². The minimum atomic E-state index is -0.208. The molecular formula is C16H13N3O2. The van der Waals surface area contributed by atoms with Crippen LogP contribution in [0.15, 0.2) is 65.5 Å². The number of carbonyl (C=O) groups is 1. The van der Waals surface area contributed by atoms with E-state index in [1.165, 1.54) is 0 Å². The van der Waals surface area contributed by atoms with E-state index in [9.17, 15) is 4.79 Å². The second kappa shape index (κ2) is 6.00. The predicted molar refractivity (Wildman–Crippen MR) is 77.3 cm³/mol. The van der Waals surface area contributed by atoms with Gasteiger partial charge in [-0.05, 0) is 36.4 Å². The number of nitrogens with one attached hydrogen (secondary N) is 1. The number of hydrogen-bond acceptors (Lipinski definition) is 4. The smallest absolute Gasteiger partial charge is 0.253 e. The molecule has 0 unspecified atom stereocenters. The van der Waals surface area contributed by atoms with Crippen LogP contribution in [0.3, 0.4) is 0 Å². The van der Waals surface area contributed by atoms with Gasteiger partial charge in [0.2, 0.25) is 0 Å². The largest absolute Gasteiger partial charge is 0.467 e. The van der Waals surface area contributed by atoms with Crippen molar-refractivity contribution in [2.45, 2.75) is 6.54 Å². The molecule has 0 radical (unpaired) electrons. The molecule has 0 aliphatic rings. The van der Waals surface area contributed by atoms with E-state index in [0.717, 1.165) is 0 Å². The van der Waals surface area contributed by atoms with Crippen molar-refractivity contribution in [1.82, 2.24) is 15.3 Å². The highest BCUT2D eigenvalue weighted by Crippen LogP contribution is 2.18. The molecule has 0 aromatic carbocycles. The SMILES string of the molecule is O=C(NCc1ccco1)c1cccnc1-c1ccccn1. The Labute approximate surface area is 121 Å². The van der Waals surface area contributed by atoms with E-state index < -0.39 is 0 Å². The van der Waals surface area contributed by atoms with Crippen molar-refractivity contribution < 1.29 is 9.21 Å². The van der Waals surface area contributed by atoms with Gasteiger partial charge < -0.3 is 9.73 Å². The normalized spacial score (nSPS) is 10.3. The predicted octanol–water partition coefficient (Wildman–Crippen LogP) is 2.67. The maximum Gasteiger partial charge on any atom is 0.253 e. The van der Waals surface area contributed by atoms with Crippen LogP contribution in [0.2, 0.25) is 0 Å². The number of pyridine rings is 2. The van der Waals surface area contributed by atoms with Crippen LogP contribution in [-0.2, 0) is 6.54 Å². The van der Waals surface area contributed by atoms with Crippen LogP contribution in [0.25, 0.3) is 11.4 Å². The lowest BCUT2D eigenvalue weighted by molar-refractivity contribution is 0.0948. The van der Waals surface area contributed by atoms with Crippen LogP contribution in [-0.4, -0.2) is 15.9 Å². The molecule has 5 nitrogen and oxygen atoms in total. The van der Waals surface area contributed by atoms with E-state index >= 15 is 0 Å². The summed E-state index contributed by atoms with van der Waals surface area (Å²) in [5, 5.41) is 2.81. The summed E-state index contributed by atoms with van der Waals surface area (Å²) < 4.78 is 5.19. The van der Waals surface area contributed by atoms with Crippen molar-refractivity contribution >= 4 is 5.91 Å². The van der Waals surface area contributed by atoms with Crippen LogP contribution < -0.4 is 5.32 Å². The third kappa shape index (κ3) is 2.97. The standard InChI is InChI=1S/C16H13N3O2/c20-16(19-11-12-5-4-10-21-12)13-6-3-9-18-15(13)14-7-1-2-8-17-14/h1-10H,11H2,(H,19,20). The molecule has 0 aliphatic carbocycles. The Morgan fingerprint density at radius 3 is 2.71 bits per heavy atom. The van der Waals surface area contributed by atoms with Gasteiger partial charge in [0.05, 0.1) is 24.1 Å². The Bertz CT molecular complexity index is 724. The van der Waals surface area contributed by atoms with Gasteiger partial charge in [-0.3, -0.25) is 14.8 Å². The number of hydrogen-bond donors (Lipinski definition) is 1. The highest BCUT2D eigenvalue weighted by molar-refractivity contribution is 5.99. The topological polar surface area (TPSA) is 68.0 Å². The zero-order chi connectivity index (χ0) is 14.5. The summed E-state index contributed by atoms with van der Waals surface area (Å²) in [4.78, 5) is 20.8.